The van der Waals surface area contributed by atoms with E-state index in [4.69, 9.17) is 0 Å². The molecule has 3 rings (SSSR count). The zero-order valence-corrected chi connectivity index (χ0v) is 9.01. The van der Waals surface area contributed by atoms with E-state index in [9.17, 15) is 9.59 Å². The third-order valence-electron chi connectivity index (χ3n) is 2.79. The highest BCUT2D eigenvalue weighted by Crippen LogP contribution is 2.38. The molecule has 2 aromatic heterocycles. The molecule has 1 aliphatic carbocycles. The lowest BCUT2D eigenvalue weighted by molar-refractivity contribution is 0.680. The maximum atomic E-state index is 11.5. The average molecular weight is 233 g/mol. The van der Waals surface area contributed by atoms with E-state index in [1.807, 2.05) is 10.8 Å². The van der Waals surface area contributed by atoms with Gasteiger partial charge in [-0.3, -0.25) is 9.78 Å². The molecule has 0 aromatic carbocycles. The van der Waals surface area contributed by atoms with Gasteiger partial charge in [-0.05, 0) is 12.8 Å². The van der Waals surface area contributed by atoms with Crippen LogP contribution in [0.25, 0.3) is 0 Å². The Labute approximate surface area is 95.5 Å². The molecule has 7 heteroatoms. The molecule has 0 atom stereocenters. The van der Waals surface area contributed by atoms with E-state index in [1.165, 1.54) is 0 Å². The Morgan fingerprint density at radius 3 is 2.94 bits per heavy atom. The fraction of sp³-hybridized carbons (Fsp3) is 0.400. The van der Waals surface area contributed by atoms with E-state index in [1.54, 1.807) is 6.20 Å². The smallest absolute Gasteiger partial charge is 0.328 e. The van der Waals surface area contributed by atoms with Crippen LogP contribution < -0.4 is 11.2 Å². The van der Waals surface area contributed by atoms with Crippen molar-refractivity contribution in [1.82, 2.24) is 24.7 Å². The van der Waals surface area contributed by atoms with Gasteiger partial charge in [0.1, 0.15) is 11.5 Å². The van der Waals surface area contributed by atoms with Crippen LogP contribution in [0, 0.1) is 0 Å². The van der Waals surface area contributed by atoms with Gasteiger partial charge in [0.2, 0.25) is 0 Å². The molecule has 2 N–H and O–H groups in total. The summed E-state index contributed by atoms with van der Waals surface area (Å²) in [5.74, 6) is 1.49. The highest BCUT2D eigenvalue weighted by molar-refractivity contribution is 5.09. The van der Waals surface area contributed by atoms with Gasteiger partial charge in [0.05, 0.1) is 6.54 Å². The first-order chi connectivity index (χ1) is 8.24. The molecule has 2 heterocycles. The monoisotopic (exact) mass is 233 g/mol. The minimum atomic E-state index is -0.591. The highest BCUT2D eigenvalue weighted by Gasteiger charge is 2.28. The van der Waals surface area contributed by atoms with Crippen molar-refractivity contribution < 1.29 is 0 Å². The van der Waals surface area contributed by atoms with E-state index >= 15 is 0 Å². The Morgan fingerprint density at radius 2 is 2.24 bits per heavy atom. The second kappa shape index (κ2) is 3.69. The third-order valence-corrected chi connectivity index (χ3v) is 2.79. The summed E-state index contributed by atoms with van der Waals surface area (Å²) < 4.78 is 1.90. The van der Waals surface area contributed by atoms with Crippen LogP contribution >= 0.6 is 0 Å². The summed E-state index contributed by atoms with van der Waals surface area (Å²) >= 11 is 0. The van der Waals surface area contributed by atoms with Gasteiger partial charge in [0.15, 0.2) is 0 Å². The second-order valence-corrected chi connectivity index (χ2v) is 4.14. The predicted octanol–water partition coefficient (Wildman–Crippen LogP) is -0.420. The van der Waals surface area contributed by atoms with Crippen LogP contribution in [-0.4, -0.2) is 24.7 Å². The summed E-state index contributed by atoms with van der Waals surface area (Å²) in [7, 11) is 0. The van der Waals surface area contributed by atoms with Crippen LogP contribution in [-0.2, 0) is 6.54 Å². The summed E-state index contributed by atoms with van der Waals surface area (Å²) in [6.45, 7) is 0.331. The lowest BCUT2D eigenvalue weighted by Crippen LogP contribution is -2.28. The molecular formula is C10H11N5O2. The van der Waals surface area contributed by atoms with Crippen LogP contribution in [0.2, 0.25) is 0 Å². The van der Waals surface area contributed by atoms with Gasteiger partial charge in [-0.15, -0.1) is 0 Å². The van der Waals surface area contributed by atoms with Gasteiger partial charge in [-0.2, -0.15) is 5.10 Å². The Bertz CT molecular complexity index is 649. The molecule has 17 heavy (non-hydrogen) atoms. The van der Waals surface area contributed by atoms with Crippen molar-refractivity contribution in [3.63, 3.8) is 0 Å². The fourth-order valence-electron chi connectivity index (χ4n) is 1.80. The predicted molar refractivity (Wildman–Crippen MR) is 58.8 cm³/mol. The van der Waals surface area contributed by atoms with Gasteiger partial charge in [0.25, 0.3) is 5.56 Å². The van der Waals surface area contributed by atoms with Crippen molar-refractivity contribution in [2.45, 2.75) is 25.3 Å². The number of aromatic amines is 2. The van der Waals surface area contributed by atoms with Gasteiger partial charge >= 0.3 is 5.69 Å². The number of nitrogens with zero attached hydrogens (tertiary/aromatic N) is 3. The number of hydrogen-bond acceptors (Lipinski definition) is 4. The van der Waals surface area contributed by atoms with E-state index in [-0.39, 0.29) is 5.69 Å². The summed E-state index contributed by atoms with van der Waals surface area (Å²) in [6.07, 6.45) is 5.83. The first-order valence-corrected chi connectivity index (χ1v) is 5.43. The maximum Gasteiger partial charge on any atom is 0.342 e. The molecule has 0 spiro atoms. The average Bonchev–Trinajstić information content (AvgIpc) is 3.03. The van der Waals surface area contributed by atoms with Crippen LogP contribution in [0.4, 0.5) is 0 Å². The van der Waals surface area contributed by atoms with Gasteiger partial charge in [-0.25, -0.2) is 14.9 Å². The molecule has 0 bridgehead atoms. The summed E-state index contributed by atoms with van der Waals surface area (Å²) in [5, 5.41) is 5.97. The Kier molecular flexibility index (Phi) is 2.17. The lowest BCUT2D eigenvalue weighted by Gasteiger charge is -2.04. The molecule has 0 amide bonds. The SMILES string of the molecule is O=c1[nH]nc(Cn2ccnc2C2CC2)c(=O)[nH]1. The van der Waals surface area contributed by atoms with Crippen LogP contribution in [0.15, 0.2) is 22.0 Å². The molecule has 7 nitrogen and oxygen atoms in total. The molecule has 0 aliphatic heterocycles. The first-order valence-electron chi connectivity index (χ1n) is 5.43. The Hall–Kier alpha value is -2.18. The molecule has 1 saturated carbocycles. The maximum absolute atomic E-state index is 11.5. The van der Waals surface area contributed by atoms with E-state index in [2.05, 4.69) is 20.2 Å². The highest BCUT2D eigenvalue weighted by atomic mass is 16.2. The summed E-state index contributed by atoms with van der Waals surface area (Å²) in [5.41, 5.74) is -0.763. The van der Waals surface area contributed by atoms with Crippen LogP contribution in [0.1, 0.15) is 30.3 Å². The normalized spacial score (nSPS) is 15.1. The summed E-state index contributed by atoms with van der Waals surface area (Å²) in [4.78, 5) is 28.8. The van der Waals surface area contributed by atoms with E-state index < -0.39 is 11.2 Å². The number of nitrogens with one attached hydrogen (secondary N) is 2. The first kappa shape index (κ1) is 10.0. The summed E-state index contributed by atoms with van der Waals surface area (Å²) in [6, 6.07) is 0. The molecule has 88 valence electrons. The Morgan fingerprint density at radius 1 is 1.41 bits per heavy atom. The van der Waals surface area contributed by atoms with E-state index in [0.717, 1.165) is 18.7 Å². The minimum Gasteiger partial charge on any atom is -0.328 e. The van der Waals surface area contributed by atoms with Crippen molar-refractivity contribution in [3.8, 4) is 0 Å². The number of aromatic nitrogens is 5. The number of rotatable bonds is 3. The molecule has 1 aliphatic rings. The van der Waals surface area contributed by atoms with Crippen molar-refractivity contribution in [1.29, 1.82) is 0 Å². The van der Waals surface area contributed by atoms with Crippen molar-refractivity contribution in [3.05, 3.63) is 44.8 Å². The third kappa shape index (κ3) is 1.91. The standard InChI is InChI=1S/C10H11N5O2/c16-9-7(13-14-10(17)12-9)5-15-4-3-11-8(15)6-1-2-6/h3-4,6H,1-2,5H2,(H2,12,14,16,17). The van der Waals surface area contributed by atoms with Gasteiger partial charge in [-0.1, -0.05) is 0 Å². The molecule has 0 saturated heterocycles. The topological polar surface area (TPSA) is 96.4 Å². The van der Waals surface area contributed by atoms with Gasteiger partial charge < -0.3 is 4.57 Å². The quantitative estimate of drug-likeness (QED) is 0.752. The Balaban J connectivity index is 1.93. The minimum absolute atomic E-state index is 0.282. The molecule has 0 unspecified atom stereocenters. The van der Waals surface area contributed by atoms with Gasteiger partial charge in [0, 0.05) is 18.3 Å². The van der Waals surface area contributed by atoms with Crippen molar-refractivity contribution in [2.75, 3.05) is 0 Å². The second-order valence-electron chi connectivity index (χ2n) is 4.14. The van der Waals surface area contributed by atoms with Crippen LogP contribution in [0.5, 0.6) is 0 Å². The van der Waals surface area contributed by atoms with Crippen molar-refractivity contribution in [2.24, 2.45) is 0 Å². The number of hydrogen-bond donors (Lipinski definition) is 2. The largest absolute Gasteiger partial charge is 0.342 e. The molecule has 0 radical (unpaired) electrons. The zero-order valence-electron chi connectivity index (χ0n) is 9.01. The lowest BCUT2D eigenvalue weighted by atomic mass is 10.3. The van der Waals surface area contributed by atoms with Crippen molar-refractivity contribution >= 4 is 0 Å². The van der Waals surface area contributed by atoms with Crippen LogP contribution in [0.3, 0.4) is 0 Å². The number of H-pyrrole nitrogens is 2. The molecule has 1 fully saturated rings. The van der Waals surface area contributed by atoms with E-state index in [0.29, 0.717) is 12.5 Å². The molecular weight excluding hydrogens is 222 g/mol. The zero-order chi connectivity index (χ0) is 11.8. The molecule has 2 aromatic rings. The fourth-order valence-corrected chi connectivity index (χ4v) is 1.80. The number of imidazole rings is 1.